The lowest BCUT2D eigenvalue weighted by Crippen LogP contribution is -1.94. The van der Waals surface area contributed by atoms with Crippen LogP contribution in [-0.2, 0) is 12.8 Å². The van der Waals surface area contributed by atoms with Crippen molar-refractivity contribution >= 4 is 17.4 Å². The molecule has 0 heterocycles. The second-order valence-electron chi connectivity index (χ2n) is 4.61. The summed E-state index contributed by atoms with van der Waals surface area (Å²) in [6.45, 7) is 0. The van der Waals surface area contributed by atoms with Crippen LogP contribution < -0.4 is 0 Å². The van der Waals surface area contributed by atoms with Crippen LogP contribution in [0, 0.1) is 10.1 Å². The van der Waals surface area contributed by atoms with Crippen molar-refractivity contribution < 1.29 is 4.92 Å². The minimum atomic E-state index is -0.274. The van der Waals surface area contributed by atoms with Gasteiger partial charge in [-0.3, -0.25) is 10.1 Å². The van der Waals surface area contributed by atoms with E-state index in [0.29, 0.717) is 0 Å². The van der Waals surface area contributed by atoms with Gasteiger partial charge in [0, 0.05) is 11.0 Å². The van der Waals surface area contributed by atoms with Gasteiger partial charge in [0.1, 0.15) is 0 Å². The molecule has 2 aromatic rings. The SMILES string of the molecule is O=[N+]([O-])c1cc2c(cc1Sc1ccccc1)CCC2. The number of rotatable bonds is 3. The molecule has 0 amide bonds. The minimum Gasteiger partial charge on any atom is -0.258 e. The molecule has 4 heteroatoms. The van der Waals surface area contributed by atoms with E-state index < -0.39 is 0 Å². The van der Waals surface area contributed by atoms with Crippen molar-refractivity contribution in [3.05, 3.63) is 63.7 Å². The summed E-state index contributed by atoms with van der Waals surface area (Å²) in [6, 6.07) is 13.5. The largest absolute Gasteiger partial charge is 0.283 e. The molecule has 96 valence electrons. The summed E-state index contributed by atoms with van der Waals surface area (Å²) >= 11 is 1.47. The van der Waals surface area contributed by atoms with Crippen LogP contribution >= 0.6 is 11.8 Å². The summed E-state index contributed by atoms with van der Waals surface area (Å²) in [7, 11) is 0. The molecular formula is C15H13NO2S. The molecule has 3 rings (SSSR count). The fourth-order valence-electron chi connectivity index (χ4n) is 2.43. The van der Waals surface area contributed by atoms with E-state index in [0.717, 1.165) is 34.6 Å². The summed E-state index contributed by atoms with van der Waals surface area (Å²) in [5, 5.41) is 11.2. The number of nitro groups is 1. The molecule has 0 spiro atoms. The summed E-state index contributed by atoms with van der Waals surface area (Å²) in [6.07, 6.45) is 3.11. The summed E-state index contributed by atoms with van der Waals surface area (Å²) in [5.41, 5.74) is 2.64. The Morgan fingerprint density at radius 2 is 1.74 bits per heavy atom. The van der Waals surface area contributed by atoms with Crippen LogP contribution in [0.1, 0.15) is 17.5 Å². The van der Waals surface area contributed by atoms with E-state index in [4.69, 9.17) is 0 Å². The molecule has 0 aliphatic heterocycles. The van der Waals surface area contributed by atoms with E-state index in [1.807, 2.05) is 36.4 Å². The zero-order valence-corrected chi connectivity index (χ0v) is 11.2. The number of hydrogen-bond donors (Lipinski definition) is 0. The van der Waals surface area contributed by atoms with Gasteiger partial charge in [0.2, 0.25) is 0 Å². The minimum absolute atomic E-state index is 0.231. The van der Waals surface area contributed by atoms with Crippen LogP contribution in [0.3, 0.4) is 0 Å². The van der Waals surface area contributed by atoms with E-state index in [9.17, 15) is 10.1 Å². The molecule has 0 unspecified atom stereocenters. The first kappa shape index (κ1) is 12.2. The molecule has 0 saturated heterocycles. The van der Waals surface area contributed by atoms with Gasteiger partial charge in [-0.25, -0.2) is 0 Å². The molecule has 0 fully saturated rings. The Balaban J connectivity index is 2.02. The Kier molecular flexibility index (Phi) is 3.25. The third kappa shape index (κ3) is 2.49. The van der Waals surface area contributed by atoms with Crippen molar-refractivity contribution in [2.45, 2.75) is 29.1 Å². The third-order valence-corrected chi connectivity index (χ3v) is 4.40. The standard InChI is InChI=1S/C15H13NO2S/c17-16(18)14-9-11-5-4-6-12(11)10-15(14)19-13-7-2-1-3-8-13/h1-3,7-10H,4-6H2. The summed E-state index contributed by atoms with van der Waals surface area (Å²) in [4.78, 5) is 12.7. The van der Waals surface area contributed by atoms with Crippen molar-refractivity contribution in [1.82, 2.24) is 0 Å². The highest BCUT2D eigenvalue weighted by molar-refractivity contribution is 7.99. The Morgan fingerprint density at radius 1 is 1.05 bits per heavy atom. The van der Waals surface area contributed by atoms with Gasteiger partial charge in [-0.2, -0.15) is 0 Å². The second-order valence-corrected chi connectivity index (χ2v) is 5.73. The monoisotopic (exact) mass is 271 g/mol. The Labute approximate surface area is 115 Å². The van der Waals surface area contributed by atoms with Crippen LogP contribution in [0.25, 0.3) is 0 Å². The molecule has 1 aliphatic carbocycles. The lowest BCUT2D eigenvalue weighted by Gasteiger charge is -2.06. The van der Waals surface area contributed by atoms with Crippen molar-refractivity contribution in [2.75, 3.05) is 0 Å². The number of nitro benzene ring substituents is 1. The van der Waals surface area contributed by atoms with Crippen LogP contribution in [0.4, 0.5) is 5.69 Å². The average Bonchev–Trinajstić information content (AvgIpc) is 2.86. The van der Waals surface area contributed by atoms with Crippen molar-refractivity contribution in [1.29, 1.82) is 0 Å². The average molecular weight is 271 g/mol. The van der Waals surface area contributed by atoms with Gasteiger partial charge in [0.25, 0.3) is 5.69 Å². The zero-order valence-electron chi connectivity index (χ0n) is 10.3. The van der Waals surface area contributed by atoms with Crippen molar-refractivity contribution in [3.63, 3.8) is 0 Å². The zero-order chi connectivity index (χ0) is 13.2. The molecule has 19 heavy (non-hydrogen) atoms. The second kappa shape index (κ2) is 5.05. The lowest BCUT2D eigenvalue weighted by molar-refractivity contribution is -0.387. The fraction of sp³-hybridized carbons (Fsp3) is 0.200. The van der Waals surface area contributed by atoms with Gasteiger partial charge >= 0.3 is 0 Å². The van der Waals surface area contributed by atoms with E-state index >= 15 is 0 Å². The molecule has 0 bridgehead atoms. The highest BCUT2D eigenvalue weighted by atomic mass is 32.2. The van der Waals surface area contributed by atoms with Gasteiger partial charge in [0.05, 0.1) is 9.82 Å². The number of benzene rings is 2. The van der Waals surface area contributed by atoms with Gasteiger partial charge in [-0.1, -0.05) is 30.0 Å². The fourth-order valence-corrected chi connectivity index (χ4v) is 3.41. The predicted octanol–water partition coefficient (Wildman–Crippen LogP) is 4.23. The Morgan fingerprint density at radius 3 is 2.42 bits per heavy atom. The van der Waals surface area contributed by atoms with Crippen LogP contribution in [0.2, 0.25) is 0 Å². The quantitative estimate of drug-likeness (QED) is 0.619. The van der Waals surface area contributed by atoms with E-state index in [1.54, 1.807) is 6.07 Å². The molecular weight excluding hydrogens is 258 g/mol. The summed E-state index contributed by atoms with van der Waals surface area (Å²) < 4.78 is 0. The number of nitrogens with zero attached hydrogens (tertiary/aromatic N) is 1. The van der Waals surface area contributed by atoms with Crippen molar-refractivity contribution in [3.8, 4) is 0 Å². The van der Waals surface area contributed by atoms with Gasteiger partial charge in [-0.15, -0.1) is 0 Å². The van der Waals surface area contributed by atoms with Gasteiger partial charge < -0.3 is 0 Å². The maximum atomic E-state index is 11.2. The van der Waals surface area contributed by atoms with Crippen LogP contribution in [0.5, 0.6) is 0 Å². The molecule has 3 nitrogen and oxygen atoms in total. The van der Waals surface area contributed by atoms with Crippen molar-refractivity contribution in [2.24, 2.45) is 0 Å². The predicted molar refractivity (Wildman–Crippen MR) is 75.7 cm³/mol. The highest BCUT2D eigenvalue weighted by Gasteiger charge is 2.21. The van der Waals surface area contributed by atoms with E-state index in [1.165, 1.54) is 17.3 Å². The number of fused-ring (bicyclic) bond motifs is 1. The molecule has 2 aromatic carbocycles. The van der Waals surface area contributed by atoms with Gasteiger partial charge in [-0.05, 0) is 48.6 Å². The first-order valence-corrected chi connectivity index (χ1v) is 7.09. The molecule has 0 atom stereocenters. The Hall–Kier alpha value is -1.81. The maximum absolute atomic E-state index is 11.2. The van der Waals surface area contributed by atoms with E-state index in [2.05, 4.69) is 0 Å². The molecule has 0 N–H and O–H groups in total. The highest BCUT2D eigenvalue weighted by Crippen LogP contribution is 2.38. The third-order valence-electron chi connectivity index (χ3n) is 3.34. The number of hydrogen-bond acceptors (Lipinski definition) is 3. The van der Waals surface area contributed by atoms with Crippen LogP contribution in [-0.4, -0.2) is 4.92 Å². The first-order chi connectivity index (χ1) is 9.24. The van der Waals surface area contributed by atoms with Gasteiger partial charge in [0.15, 0.2) is 0 Å². The van der Waals surface area contributed by atoms with Crippen LogP contribution in [0.15, 0.2) is 52.3 Å². The molecule has 0 saturated carbocycles. The first-order valence-electron chi connectivity index (χ1n) is 6.27. The Bertz CT molecular complexity index is 626. The molecule has 1 aliphatic rings. The smallest absolute Gasteiger partial charge is 0.258 e. The lowest BCUT2D eigenvalue weighted by atomic mass is 10.1. The summed E-state index contributed by atoms with van der Waals surface area (Å²) in [5.74, 6) is 0. The number of aryl methyl sites for hydroxylation is 2. The topological polar surface area (TPSA) is 43.1 Å². The maximum Gasteiger partial charge on any atom is 0.283 e. The molecule has 0 radical (unpaired) electrons. The molecule has 0 aromatic heterocycles. The van der Waals surface area contributed by atoms with E-state index in [-0.39, 0.29) is 10.6 Å². The normalized spacial score (nSPS) is 13.3.